The molecular weight excluding hydrogens is 282 g/mol. The second-order valence-corrected chi connectivity index (χ2v) is 6.44. The summed E-state index contributed by atoms with van der Waals surface area (Å²) in [5.41, 5.74) is 6.48. The monoisotopic (exact) mass is 305 g/mol. The minimum absolute atomic E-state index is 0.0813. The van der Waals surface area contributed by atoms with Crippen LogP contribution in [0.5, 0.6) is 0 Å². The van der Waals surface area contributed by atoms with E-state index in [4.69, 9.17) is 0 Å². The largest absolute Gasteiger partial charge is 0.346 e. The number of amides is 1. The van der Waals surface area contributed by atoms with E-state index in [1.165, 1.54) is 33.9 Å². The summed E-state index contributed by atoms with van der Waals surface area (Å²) in [4.78, 5) is 11.7. The molecule has 1 amide bonds. The van der Waals surface area contributed by atoms with Gasteiger partial charge in [0.25, 0.3) is 0 Å². The zero-order chi connectivity index (χ0) is 16.4. The number of fused-ring (bicyclic) bond motifs is 1. The van der Waals surface area contributed by atoms with Crippen molar-refractivity contribution in [3.63, 3.8) is 0 Å². The number of hydrogen-bond acceptors (Lipinski definition) is 1. The summed E-state index contributed by atoms with van der Waals surface area (Å²) in [5.74, 6) is 0.303. The van der Waals surface area contributed by atoms with Gasteiger partial charge < -0.3 is 5.32 Å². The molecule has 1 N–H and O–H groups in total. The first kappa shape index (κ1) is 15.5. The van der Waals surface area contributed by atoms with Crippen molar-refractivity contribution in [1.82, 2.24) is 5.32 Å². The van der Waals surface area contributed by atoms with E-state index in [1.54, 1.807) is 0 Å². The summed E-state index contributed by atoms with van der Waals surface area (Å²) in [6.45, 7) is 7.79. The zero-order valence-electron chi connectivity index (χ0n) is 13.8. The van der Waals surface area contributed by atoms with Crippen LogP contribution in [0.25, 0.3) is 0 Å². The van der Waals surface area contributed by atoms with Crippen LogP contribution < -0.4 is 5.32 Å². The Kier molecular flexibility index (Phi) is 4.33. The topological polar surface area (TPSA) is 29.1 Å². The fourth-order valence-electron chi connectivity index (χ4n) is 3.48. The van der Waals surface area contributed by atoms with Gasteiger partial charge in [-0.15, -0.1) is 0 Å². The molecule has 0 saturated carbocycles. The Bertz CT molecular complexity index is 730. The quantitative estimate of drug-likeness (QED) is 0.827. The lowest BCUT2D eigenvalue weighted by molar-refractivity contribution is -0.117. The van der Waals surface area contributed by atoms with Gasteiger partial charge in [-0.05, 0) is 49.5 Å². The van der Waals surface area contributed by atoms with Gasteiger partial charge in [-0.25, -0.2) is 0 Å². The Morgan fingerprint density at radius 2 is 1.74 bits per heavy atom. The van der Waals surface area contributed by atoms with E-state index >= 15 is 0 Å². The molecule has 2 aromatic rings. The predicted octanol–water partition coefficient (Wildman–Crippen LogP) is 4.57. The van der Waals surface area contributed by atoms with Crippen LogP contribution in [0.1, 0.15) is 52.6 Å². The lowest BCUT2D eigenvalue weighted by Crippen LogP contribution is -2.30. The molecule has 0 bridgehead atoms. The minimum atomic E-state index is -0.102. The van der Waals surface area contributed by atoms with Crippen molar-refractivity contribution >= 4 is 5.91 Å². The Morgan fingerprint density at radius 3 is 2.43 bits per heavy atom. The zero-order valence-corrected chi connectivity index (χ0v) is 13.8. The molecule has 1 aliphatic carbocycles. The van der Waals surface area contributed by atoms with Crippen LogP contribution in [0.15, 0.2) is 55.1 Å². The molecule has 0 saturated heterocycles. The van der Waals surface area contributed by atoms with E-state index in [1.807, 2.05) is 0 Å². The molecule has 0 radical (unpaired) electrons. The first-order valence-corrected chi connectivity index (χ1v) is 8.18. The van der Waals surface area contributed by atoms with Gasteiger partial charge in [0.2, 0.25) is 5.91 Å². The lowest BCUT2D eigenvalue weighted by Gasteiger charge is -2.32. The third kappa shape index (κ3) is 3.21. The maximum absolute atomic E-state index is 11.7. The summed E-state index contributed by atoms with van der Waals surface area (Å²) in [7, 11) is 0. The van der Waals surface area contributed by atoms with E-state index in [0.717, 1.165) is 12.8 Å². The van der Waals surface area contributed by atoms with Crippen LogP contribution in [0, 0.1) is 13.8 Å². The highest BCUT2D eigenvalue weighted by molar-refractivity contribution is 5.87. The standard InChI is InChI=1S/C21H23NO/c1-4-21(23)22-20-12-11-17(16-8-5-14(2)6-9-16)19-13-15(3)7-10-18(19)20/h4-10,13,17,20H,1,11-12H2,2-3H3,(H,22,23)/t17-,20+/m1/s1. The van der Waals surface area contributed by atoms with Crippen molar-refractivity contribution in [3.8, 4) is 0 Å². The summed E-state index contributed by atoms with van der Waals surface area (Å²) >= 11 is 0. The van der Waals surface area contributed by atoms with Crippen LogP contribution in [0.3, 0.4) is 0 Å². The maximum Gasteiger partial charge on any atom is 0.243 e. The van der Waals surface area contributed by atoms with Crippen molar-refractivity contribution in [3.05, 3.63) is 82.9 Å². The van der Waals surface area contributed by atoms with Gasteiger partial charge >= 0.3 is 0 Å². The van der Waals surface area contributed by atoms with Crippen molar-refractivity contribution in [1.29, 1.82) is 0 Å². The number of carbonyl (C=O) groups is 1. The van der Waals surface area contributed by atoms with Gasteiger partial charge in [-0.2, -0.15) is 0 Å². The molecule has 0 aromatic heterocycles. The SMILES string of the molecule is C=CC(=O)N[C@H]1CC[C@H](c2ccc(C)cc2)c2cc(C)ccc21. The molecule has 1 aliphatic rings. The highest BCUT2D eigenvalue weighted by atomic mass is 16.1. The molecule has 3 rings (SSSR count). The molecular formula is C21H23NO. The van der Waals surface area contributed by atoms with Crippen molar-refractivity contribution in [2.24, 2.45) is 0 Å². The first-order valence-electron chi connectivity index (χ1n) is 8.18. The third-order valence-electron chi connectivity index (χ3n) is 4.72. The van der Waals surface area contributed by atoms with Crippen LogP contribution in [-0.2, 0) is 4.79 Å². The smallest absolute Gasteiger partial charge is 0.243 e. The molecule has 118 valence electrons. The number of benzene rings is 2. The van der Waals surface area contributed by atoms with Crippen LogP contribution in [0.4, 0.5) is 0 Å². The number of hydrogen-bond donors (Lipinski definition) is 1. The molecule has 23 heavy (non-hydrogen) atoms. The Balaban J connectivity index is 2.00. The molecule has 2 aromatic carbocycles. The highest BCUT2D eigenvalue weighted by Gasteiger charge is 2.28. The average molecular weight is 305 g/mol. The van der Waals surface area contributed by atoms with Gasteiger partial charge in [0, 0.05) is 5.92 Å². The van der Waals surface area contributed by atoms with Crippen LogP contribution in [-0.4, -0.2) is 5.91 Å². The van der Waals surface area contributed by atoms with Crippen molar-refractivity contribution in [2.45, 2.75) is 38.6 Å². The van der Waals surface area contributed by atoms with E-state index < -0.39 is 0 Å². The van der Waals surface area contributed by atoms with Gasteiger partial charge in [-0.1, -0.05) is 60.2 Å². The van der Waals surface area contributed by atoms with E-state index in [9.17, 15) is 4.79 Å². The van der Waals surface area contributed by atoms with Crippen molar-refractivity contribution < 1.29 is 4.79 Å². The third-order valence-corrected chi connectivity index (χ3v) is 4.72. The summed E-state index contributed by atoms with van der Waals surface area (Å²) in [6.07, 6.45) is 3.34. The first-order chi connectivity index (χ1) is 11.1. The maximum atomic E-state index is 11.7. The average Bonchev–Trinajstić information content (AvgIpc) is 2.55. The van der Waals surface area contributed by atoms with Gasteiger partial charge in [0.15, 0.2) is 0 Å². The molecule has 0 aliphatic heterocycles. The Morgan fingerprint density at radius 1 is 1.04 bits per heavy atom. The van der Waals surface area contributed by atoms with Crippen LogP contribution >= 0.6 is 0 Å². The van der Waals surface area contributed by atoms with Crippen LogP contribution in [0.2, 0.25) is 0 Å². The number of nitrogens with one attached hydrogen (secondary N) is 1. The fraction of sp³-hybridized carbons (Fsp3) is 0.286. The van der Waals surface area contributed by atoms with E-state index in [0.29, 0.717) is 5.92 Å². The summed E-state index contributed by atoms with van der Waals surface area (Å²) in [6, 6.07) is 15.5. The van der Waals surface area contributed by atoms with Gasteiger partial charge in [0.05, 0.1) is 6.04 Å². The Hall–Kier alpha value is -2.35. The summed E-state index contributed by atoms with van der Waals surface area (Å²) < 4.78 is 0. The Labute approximate surface area is 138 Å². The molecule has 0 unspecified atom stereocenters. The molecule has 2 heteroatoms. The second kappa shape index (κ2) is 6.41. The number of carbonyl (C=O) groups excluding carboxylic acids is 1. The molecule has 2 atom stereocenters. The predicted molar refractivity (Wildman–Crippen MR) is 94.5 cm³/mol. The molecule has 2 nitrogen and oxygen atoms in total. The molecule has 0 spiro atoms. The minimum Gasteiger partial charge on any atom is -0.346 e. The lowest BCUT2D eigenvalue weighted by atomic mass is 9.76. The van der Waals surface area contributed by atoms with E-state index in [-0.39, 0.29) is 11.9 Å². The van der Waals surface area contributed by atoms with Gasteiger partial charge in [-0.3, -0.25) is 4.79 Å². The molecule has 0 heterocycles. The fourth-order valence-corrected chi connectivity index (χ4v) is 3.48. The van der Waals surface area contributed by atoms with Gasteiger partial charge in [0.1, 0.15) is 0 Å². The van der Waals surface area contributed by atoms with Crippen molar-refractivity contribution in [2.75, 3.05) is 0 Å². The normalized spacial score (nSPS) is 19.7. The molecule has 0 fully saturated rings. The van der Waals surface area contributed by atoms with E-state index in [2.05, 4.69) is 68.2 Å². The number of aryl methyl sites for hydroxylation is 2. The number of rotatable bonds is 3. The summed E-state index contributed by atoms with van der Waals surface area (Å²) in [5, 5.41) is 3.07. The second-order valence-electron chi connectivity index (χ2n) is 6.44. The highest BCUT2D eigenvalue weighted by Crippen LogP contribution is 2.41.